The van der Waals surface area contributed by atoms with Crippen LogP contribution in [0.4, 0.5) is 13.2 Å². The normalized spacial score (nSPS) is 20.0. The van der Waals surface area contributed by atoms with Crippen molar-refractivity contribution in [3.8, 4) is 0 Å². The monoisotopic (exact) mass is 298 g/mol. The summed E-state index contributed by atoms with van der Waals surface area (Å²) in [6.45, 7) is 2.51. The number of amides is 1. The van der Waals surface area contributed by atoms with Gasteiger partial charge in [-0.05, 0) is 30.5 Å². The first kappa shape index (κ1) is 15.6. The Hall–Kier alpha value is -1.82. The molecule has 0 bridgehead atoms. The van der Waals surface area contributed by atoms with E-state index in [1.807, 2.05) is 0 Å². The van der Waals surface area contributed by atoms with Crippen LogP contribution in [0.2, 0.25) is 0 Å². The largest absolute Gasteiger partial charge is 0.416 e. The molecule has 0 unspecified atom stereocenters. The summed E-state index contributed by atoms with van der Waals surface area (Å²) in [7, 11) is 0. The van der Waals surface area contributed by atoms with Gasteiger partial charge in [-0.15, -0.1) is 0 Å². The summed E-state index contributed by atoms with van der Waals surface area (Å²) < 4.78 is 38.9. The van der Waals surface area contributed by atoms with Gasteiger partial charge in [-0.25, -0.2) is 0 Å². The van der Waals surface area contributed by atoms with Crippen molar-refractivity contribution in [1.29, 1.82) is 0 Å². The molecule has 1 amide bonds. The molecule has 0 aliphatic carbocycles. The molecule has 0 radical (unpaired) electrons. The van der Waals surface area contributed by atoms with Crippen molar-refractivity contribution in [2.24, 2.45) is 5.73 Å². The number of likely N-dealkylation sites (tertiary alicyclic amines) is 1. The van der Waals surface area contributed by atoms with Crippen LogP contribution in [0.25, 0.3) is 5.57 Å². The van der Waals surface area contributed by atoms with Crippen LogP contribution >= 0.6 is 0 Å². The van der Waals surface area contributed by atoms with E-state index in [1.54, 1.807) is 4.90 Å². The van der Waals surface area contributed by atoms with Crippen molar-refractivity contribution in [3.63, 3.8) is 0 Å². The third-order valence-electron chi connectivity index (χ3n) is 3.53. The van der Waals surface area contributed by atoms with Gasteiger partial charge in [0.2, 0.25) is 5.91 Å². The van der Waals surface area contributed by atoms with Crippen molar-refractivity contribution in [1.82, 2.24) is 4.90 Å². The summed E-state index contributed by atoms with van der Waals surface area (Å²) in [5.41, 5.74) is 5.32. The highest BCUT2D eigenvalue weighted by atomic mass is 19.4. The molecule has 3 nitrogen and oxygen atoms in total. The quantitative estimate of drug-likeness (QED) is 0.853. The average molecular weight is 298 g/mol. The highest BCUT2D eigenvalue weighted by molar-refractivity contribution is 5.95. The zero-order chi connectivity index (χ0) is 15.6. The van der Waals surface area contributed by atoms with Crippen LogP contribution in [0.1, 0.15) is 24.5 Å². The molecular weight excluding hydrogens is 281 g/mol. The van der Waals surface area contributed by atoms with E-state index >= 15 is 0 Å². The number of halogens is 3. The van der Waals surface area contributed by atoms with Crippen LogP contribution in [0.5, 0.6) is 0 Å². The van der Waals surface area contributed by atoms with Crippen LogP contribution in [-0.2, 0) is 11.0 Å². The van der Waals surface area contributed by atoms with Gasteiger partial charge in [0.1, 0.15) is 0 Å². The molecule has 0 spiro atoms. The van der Waals surface area contributed by atoms with E-state index < -0.39 is 11.7 Å². The summed E-state index contributed by atoms with van der Waals surface area (Å²) in [5.74, 6) is -0.294. The Labute approximate surface area is 121 Å². The summed E-state index contributed by atoms with van der Waals surface area (Å²) in [4.78, 5) is 13.6. The van der Waals surface area contributed by atoms with Crippen LogP contribution < -0.4 is 5.73 Å². The average Bonchev–Trinajstić information content (AvgIpc) is 2.84. The van der Waals surface area contributed by atoms with Gasteiger partial charge in [0, 0.05) is 25.2 Å². The van der Waals surface area contributed by atoms with Gasteiger partial charge in [-0.2, -0.15) is 13.2 Å². The van der Waals surface area contributed by atoms with Crippen LogP contribution in [0.15, 0.2) is 30.3 Å². The number of hydrogen-bond acceptors (Lipinski definition) is 2. The minimum absolute atomic E-state index is 0.0295. The van der Waals surface area contributed by atoms with Crippen LogP contribution in [-0.4, -0.2) is 29.9 Å². The number of nitrogens with two attached hydrogens (primary N) is 1. The maximum absolute atomic E-state index is 13.0. The number of carbonyl (C=O) groups is 1. The highest BCUT2D eigenvalue weighted by Crippen LogP contribution is 2.34. The molecule has 1 aromatic carbocycles. The second kappa shape index (κ2) is 5.89. The lowest BCUT2D eigenvalue weighted by Crippen LogP contribution is -2.30. The third-order valence-corrected chi connectivity index (χ3v) is 3.53. The lowest BCUT2D eigenvalue weighted by molar-refractivity contribution is -0.137. The maximum atomic E-state index is 13.0. The summed E-state index contributed by atoms with van der Waals surface area (Å²) >= 11 is 0. The Morgan fingerprint density at radius 3 is 2.62 bits per heavy atom. The Morgan fingerprint density at radius 2 is 2.05 bits per heavy atom. The fraction of sp³-hybridized carbons (Fsp3) is 0.400. The molecule has 2 N–H and O–H groups in total. The van der Waals surface area contributed by atoms with E-state index in [0.717, 1.165) is 12.5 Å². The SMILES string of the molecule is C/C(=C/C(=O)N1CC[C@H](N)C1)c1ccccc1C(F)(F)F. The summed E-state index contributed by atoms with van der Waals surface area (Å²) in [6, 6.07) is 5.20. The second-order valence-corrected chi connectivity index (χ2v) is 5.20. The van der Waals surface area contributed by atoms with Gasteiger partial charge < -0.3 is 10.6 Å². The van der Waals surface area contributed by atoms with E-state index in [2.05, 4.69) is 0 Å². The highest BCUT2D eigenvalue weighted by Gasteiger charge is 2.33. The minimum Gasteiger partial charge on any atom is -0.338 e. The predicted octanol–water partition coefficient (Wildman–Crippen LogP) is 2.67. The zero-order valence-corrected chi connectivity index (χ0v) is 11.7. The first-order chi connectivity index (χ1) is 9.79. The number of allylic oxidation sites excluding steroid dienone is 1. The molecule has 21 heavy (non-hydrogen) atoms. The Bertz CT molecular complexity index is 566. The minimum atomic E-state index is -4.44. The molecule has 2 rings (SSSR count). The van der Waals surface area contributed by atoms with Gasteiger partial charge >= 0.3 is 6.18 Å². The van der Waals surface area contributed by atoms with Crippen LogP contribution in [0, 0.1) is 0 Å². The first-order valence-electron chi connectivity index (χ1n) is 6.68. The molecule has 1 aliphatic rings. The fourth-order valence-corrected chi connectivity index (χ4v) is 2.42. The van der Waals surface area contributed by atoms with Gasteiger partial charge in [-0.1, -0.05) is 18.2 Å². The molecule has 1 atom stereocenters. The van der Waals surface area contributed by atoms with E-state index in [9.17, 15) is 18.0 Å². The number of benzene rings is 1. The molecule has 114 valence electrons. The van der Waals surface area contributed by atoms with Crippen molar-refractivity contribution >= 4 is 11.5 Å². The molecule has 6 heteroatoms. The van der Waals surface area contributed by atoms with E-state index in [4.69, 9.17) is 5.73 Å². The van der Waals surface area contributed by atoms with E-state index in [0.29, 0.717) is 18.7 Å². The Kier molecular flexibility index (Phi) is 4.37. The molecular formula is C15H17F3N2O. The van der Waals surface area contributed by atoms with E-state index in [-0.39, 0.29) is 17.5 Å². The second-order valence-electron chi connectivity index (χ2n) is 5.20. The van der Waals surface area contributed by atoms with Gasteiger partial charge in [0.05, 0.1) is 5.56 Å². The molecule has 1 heterocycles. The Balaban J connectivity index is 2.26. The van der Waals surface area contributed by atoms with E-state index in [1.165, 1.54) is 31.2 Å². The third kappa shape index (κ3) is 3.64. The fourth-order valence-electron chi connectivity index (χ4n) is 2.42. The number of carbonyl (C=O) groups excluding carboxylic acids is 1. The molecule has 1 aromatic rings. The number of hydrogen-bond donors (Lipinski definition) is 1. The molecule has 1 fully saturated rings. The van der Waals surface area contributed by atoms with Gasteiger partial charge in [0.15, 0.2) is 0 Å². The van der Waals surface area contributed by atoms with Crippen molar-refractivity contribution in [3.05, 3.63) is 41.5 Å². The number of alkyl halides is 3. The number of rotatable bonds is 2. The zero-order valence-electron chi connectivity index (χ0n) is 11.7. The molecule has 0 saturated carbocycles. The predicted molar refractivity (Wildman–Crippen MR) is 74.3 cm³/mol. The lowest BCUT2D eigenvalue weighted by atomic mass is 10.00. The summed E-state index contributed by atoms with van der Waals surface area (Å²) in [6.07, 6.45) is -2.47. The van der Waals surface area contributed by atoms with Gasteiger partial charge in [0.25, 0.3) is 0 Å². The molecule has 1 aliphatic heterocycles. The smallest absolute Gasteiger partial charge is 0.338 e. The number of nitrogens with zero attached hydrogens (tertiary/aromatic N) is 1. The topological polar surface area (TPSA) is 46.3 Å². The van der Waals surface area contributed by atoms with Crippen LogP contribution in [0.3, 0.4) is 0 Å². The summed E-state index contributed by atoms with van der Waals surface area (Å²) in [5, 5.41) is 0. The lowest BCUT2D eigenvalue weighted by Gasteiger charge is -2.16. The maximum Gasteiger partial charge on any atom is 0.416 e. The molecule has 1 saturated heterocycles. The van der Waals surface area contributed by atoms with Crippen molar-refractivity contribution in [2.45, 2.75) is 25.6 Å². The van der Waals surface area contributed by atoms with Crippen molar-refractivity contribution < 1.29 is 18.0 Å². The standard InChI is InChI=1S/C15H17F3N2O/c1-10(8-14(21)20-7-6-11(19)9-20)12-4-2-3-5-13(12)15(16,17)18/h2-5,8,11H,6-7,9,19H2,1H3/b10-8-/t11-/m0/s1. The molecule has 0 aromatic heterocycles. The van der Waals surface area contributed by atoms with Crippen molar-refractivity contribution in [2.75, 3.05) is 13.1 Å². The Morgan fingerprint density at radius 1 is 1.38 bits per heavy atom. The van der Waals surface area contributed by atoms with Gasteiger partial charge in [-0.3, -0.25) is 4.79 Å². The first-order valence-corrected chi connectivity index (χ1v) is 6.68.